The van der Waals surface area contributed by atoms with Gasteiger partial charge in [0.25, 0.3) is 0 Å². The van der Waals surface area contributed by atoms with E-state index >= 15 is 0 Å². The highest BCUT2D eigenvalue weighted by Gasteiger charge is 2.23. The molecule has 0 unspecified atom stereocenters. The maximum absolute atomic E-state index is 12.3. The second kappa shape index (κ2) is 8.04. The van der Waals surface area contributed by atoms with Gasteiger partial charge in [-0.25, -0.2) is 14.8 Å². The summed E-state index contributed by atoms with van der Waals surface area (Å²) >= 11 is 6.38. The fourth-order valence-electron chi connectivity index (χ4n) is 2.52. The average molecular weight is 376 g/mol. The summed E-state index contributed by atoms with van der Waals surface area (Å²) in [7, 11) is 0. The first-order valence-corrected chi connectivity index (χ1v) is 9.08. The first kappa shape index (κ1) is 20.2. The average Bonchev–Trinajstić information content (AvgIpc) is 2.50. The third-order valence-corrected chi connectivity index (χ3v) is 4.07. The Bertz CT molecular complexity index is 813. The van der Waals surface area contributed by atoms with Crippen LogP contribution >= 0.6 is 11.6 Å². The fraction of sp³-hybridized carbons (Fsp3) is 0.450. The van der Waals surface area contributed by atoms with Crippen molar-refractivity contribution in [2.75, 3.05) is 11.9 Å². The Morgan fingerprint density at radius 2 is 1.92 bits per heavy atom. The molecule has 26 heavy (non-hydrogen) atoms. The van der Waals surface area contributed by atoms with Crippen molar-refractivity contribution in [2.24, 2.45) is 0 Å². The number of benzene rings is 1. The van der Waals surface area contributed by atoms with Crippen molar-refractivity contribution < 1.29 is 9.53 Å². The fourth-order valence-corrected chi connectivity index (χ4v) is 2.82. The van der Waals surface area contributed by atoms with Crippen molar-refractivity contribution >= 4 is 23.4 Å². The van der Waals surface area contributed by atoms with Gasteiger partial charge < -0.3 is 10.1 Å². The van der Waals surface area contributed by atoms with Gasteiger partial charge in [0.1, 0.15) is 11.4 Å². The highest BCUT2D eigenvalue weighted by atomic mass is 35.5. The van der Waals surface area contributed by atoms with Crippen LogP contribution in [-0.4, -0.2) is 28.1 Å². The second-order valence-corrected chi connectivity index (χ2v) is 7.67. The summed E-state index contributed by atoms with van der Waals surface area (Å²) in [4.78, 5) is 21.1. The van der Waals surface area contributed by atoms with Gasteiger partial charge in [-0.15, -0.1) is 0 Å². The summed E-state index contributed by atoms with van der Waals surface area (Å²) in [6, 6.07) is 5.98. The predicted molar refractivity (Wildman–Crippen MR) is 105 cm³/mol. The maximum atomic E-state index is 12.3. The van der Waals surface area contributed by atoms with E-state index in [1.807, 2.05) is 59.7 Å². The Balaban J connectivity index is 2.41. The van der Waals surface area contributed by atoms with E-state index in [0.717, 1.165) is 22.4 Å². The van der Waals surface area contributed by atoms with E-state index in [-0.39, 0.29) is 5.82 Å². The quantitative estimate of drug-likeness (QED) is 0.765. The number of nitrogens with zero attached hydrogens (tertiary/aromatic N) is 2. The van der Waals surface area contributed by atoms with Crippen LogP contribution in [0.15, 0.2) is 18.2 Å². The summed E-state index contributed by atoms with van der Waals surface area (Å²) in [5.74, 6) is 0.171. The van der Waals surface area contributed by atoms with Gasteiger partial charge in [0, 0.05) is 29.2 Å². The van der Waals surface area contributed by atoms with Crippen molar-refractivity contribution in [3.05, 3.63) is 51.4 Å². The highest BCUT2D eigenvalue weighted by molar-refractivity contribution is 6.31. The lowest BCUT2D eigenvalue weighted by molar-refractivity contribution is 0.00553. The Morgan fingerprint density at radius 1 is 1.23 bits per heavy atom. The van der Waals surface area contributed by atoms with Crippen LogP contribution in [0.3, 0.4) is 0 Å². The molecule has 6 heteroatoms. The van der Waals surface area contributed by atoms with Gasteiger partial charge in [0.15, 0.2) is 0 Å². The first-order chi connectivity index (χ1) is 12.1. The van der Waals surface area contributed by atoms with Gasteiger partial charge in [-0.1, -0.05) is 23.7 Å². The van der Waals surface area contributed by atoms with Gasteiger partial charge in [0.2, 0.25) is 5.82 Å². The zero-order chi connectivity index (χ0) is 19.5. The summed E-state index contributed by atoms with van der Waals surface area (Å²) in [6.45, 7) is 12.0. The molecular formula is C20H26ClN3O2. The molecule has 0 amide bonds. The number of aryl methyl sites for hydroxylation is 2. The van der Waals surface area contributed by atoms with Gasteiger partial charge in [-0.2, -0.15) is 0 Å². The number of halogens is 1. The topological polar surface area (TPSA) is 64.1 Å². The third kappa shape index (κ3) is 5.18. The predicted octanol–water partition coefficient (Wildman–Crippen LogP) is 4.72. The number of carbonyl (C=O) groups is 1. The Kier molecular flexibility index (Phi) is 6.24. The number of nitrogens with one attached hydrogen (secondary N) is 1. The molecule has 0 saturated carbocycles. The Labute approximate surface area is 160 Å². The van der Waals surface area contributed by atoms with Crippen molar-refractivity contribution in [3.8, 4) is 0 Å². The molecule has 0 aliphatic heterocycles. The van der Waals surface area contributed by atoms with Crippen LogP contribution in [0.25, 0.3) is 0 Å². The monoisotopic (exact) mass is 375 g/mol. The number of esters is 1. The third-order valence-electron chi connectivity index (χ3n) is 3.72. The van der Waals surface area contributed by atoms with E-state index in [1.165, 1.54) is 0 Å². The van der Waals surface area contributed by atoms with Crippen LogP contribution < -0.4 is 5.32 Å². The van der Waals surface area contributed by atoms with Crippen LogP contribution in [0.2, 0.25) is 5.02 Å². The molecule has 0 bridgehead atoms. The molecule has 5 nitrogen and oxygen atoms in total. The summed E-state index contributed by atoms with van der Waals surface area (Å²) in [5.41, 5.74) is 3.16. The van der Waals surface area contributed by atoms with Crippen LogP contribution in [0.5, 0.6) is 0 Å². The highest BCUT2D eigenvalue weighted by Crippen LogP contribution is 2.26. The molecule has 2 aromatic rings. The molecule has 0 radical (unpaired) electrons. The SMILES string of the molecule is CCNc1nc(C(=O)OC(C)(C)C)nc(C)c1Cc1ccc(C)cc1Cl. The lowest BCUT2D eigenvalue weighted by atomic mass is 10.0. The van der Waals surface area contributed by atoms with Crippen LogP contribution in [0, 0.1) is 13.8 Å². The Morgan fingerprint density at radius 3 is 2.50 bits per heavy atom. The van der Waals surface area contributed by atoms with E-state index in [2.05, 4.69) is 15.3 Å². The summed E-state index contributed by atoms with van der Waals surface area (Å²) in [5, 5.41) is 3.94. The molecule has 1 heterocycles. The Hall–Kier alpha value is -2.14. The largest absolute Gasteiger partial charge is 0.454 e. The molecule has 1 N–H and O–H groups in total. The second-order valence-electron chi connectivity index (χ2n) is 7.26. The zero-order valence-corrected chi connectivity index (χ0v) is 17.0. The molecular weight excluding hydrogens is 350 g/mol. The molecule has 0 atom stereocenters. The molecule has 0 saturated heterocycles. The van der Waals surface area contributed by atoms with Crippen molar-refractivity contribution in [1.82, 2.24) is 9.97 Å². The minimum atomic E-state index is -0.596. The minimum absolute atomic E-state index is 0.0622. The number of hydrogen-bond acceptors (Lipinski definition) is 5. The van der Waals surface area contributed by atoms with E-state index in [0.29, 0.717) is 23.8 Å². The van der Waals surface area contributed by atoms with Crippen molar-refractivity contribution in [3.63, 3.8) is 0 Å². The molecule has 1 aromatic heterocycles. The van der Waals surface area contributed by atoms with Crippen LogP contribution in [-0.2, 0) is 11.2 Å². The number of hydrogen-bond donors (Lipinski definition) is 1. The van der Waals surface area contributed by atoms with Crippen LogP contribution in [0.4, 0.5) is 5.82 Å². The number of anilines is 1. The van der Waals surface area contributed by atoms with Crippen molar-refractivity contribution in [1.29, 1.82) is 0 Å². The van der Waals surface area contributed by atoms with E-state index in [1.54, 1.807) is 0 Å². The minimum Gasteiger partial charge on any atom is -0.454 e. The zero-order valence-electron chi connectivity index (χ0n) is 16.2. The van der Waals surface area contributed by atoms with E-state index < -0.39 is 11.6 Å². The molecule has 2 rings (SSSR count). The van der Waals surface area contributed by atoms with Crippen LogP contribution in [0.1, 0.15) is 60.7 Å². The number of ether oxygens (including phenoxy) is 1. The van der Waals surface area contributed by atoms with Gasteiger partial charge in [-0.05, 0) is 58.7 Å². The smallest absolute Gasteiger partial charge is 0.376 e. The lowest BCUT2D eigenvalue weighted by Crippen LogP contribution is -2.26. The summed E-state index contributed by atoms with van der Waals surface area (Å²) in [6.07, 6.45) is 0.585. The number of aromatic nitrogens is 2. The molecule has 140 valence electrons. The normalized spacial score (nSPS) is 11.3. The van der Waals surface area contributed by atoms with E-state index in [4.69, 9.17) is 16.3 Å². The summed E-state index contributed by atoms with van der Waals surface area (Å²) < 4.78 is 5.39. The maximum Gasteiger partial charge on any atom is 0.376 e. The van der Waals surface area contributed by atoms with Gasteiger partial charge in [-0.3, -0.25) is 0 Å². The van der Waals surface area contributed by atoms with Crippen molar-refractivity contribution in [2.45, 2.75) is 53.6 Å². The van der Waals surface area contributed by atoms with E-state index in [9.17, 15) is 4.79 Å². The first-order valence-electron chi connectivity index (χ1n) is 8.70. The molecule has 0 fully saturated rings. The van der Waals surface area contributed by atoms with Gasteiger partial charge in [0.05, 0.1) is 0 Å². The molecule has 1 aromatic carbocycles. The lowest BCUT2D eigenvalue weighted by Gasteiger charge is -2.20. The standard InChI is InChI=1S/C20H26ClN3O2/c1-7-22-17-15(11-14-9-8-12(2)10-16(14)21)13(3)23-18(24-17)19(25)26-20(4,5)6/h8-10H,7,11H2,1-6H3,(H,22,23,24). The molecule has 0 spiro atoms. The van der Waals surface area contributed by atoms with Gasteiger partial charge >= 0.3 is 5.97 Å². The number of rotatable bonds is 5. The molecule has 0 aliphatic rings. The number of carbonyl (C=O) groups excluding carboxylic acids is 1. The molecule has 0 aliphatic carbocycles.